The van der Waals surface area contributed by atoms with Gasteiger partial charge in [-0.15, -0.1) is 0 Å². The van der Waals surface area contributed by atoms with Gasteiger partial charge in [0, 0.05) is 22.5 Å². The van der Waals surface area contributed by atoms with Gasteiger partial charge in [0.25, 0.3) is 5.91 Å². The number of amides is 1. The van der Waals surface area contributed by atoms with E-state index in [1.807, 2.05) is 43.3 Å². The first kappa shape index (κ1) is 14.1. The summed E-state index contributed by atoms with van der Waals surface area (Å²) in [6.07, 6.45) is 0.793. The van der Waals surface area contributed by atoms with Crippen molar-refractivity contribution in [3.05, 3.63) is 71.0 Å². The summed E-state index contributed by atoms with van der Waals surface area (Å²) in [7, 11) is 0. The Hall–Kier alpha value is -2.88. The third-order valence-corrected chi connectivity index (χ3v) is 3.82. The first-order valence-electron chi connectivity index (χ1n) is 7.04. The van der Waals surface area contributed by atoms with Gasteiger partial charge in [-0.2, -0.15) is 0 Å². The molecule has 0 saturated heterocycles. The van der Waals surface area contributed by atoms with E-state index in [9.17, 15) is 9.59 Å². The van der Waals surface area contributed by atoms with Crippen LogP contribution in [0.25, 0.3) is 10.8 Å². The second-order valence-corrected chi connectivity index (χ2v) is 5.28. The largest absolute Gasteiger partial charge is 0.298 e. The molecule has 0 bridgehead atoms. The lowest BCUT2D eigenvalue weighted by Gasteiger charge is -2.12. The molecule has 1 heterocycles. The molecule has 4 nitrogen and oxygen atoms in total. The van der Waals surface area contributed by atoms with Crippen molar-refractivity contribution in [3.63, 3.8) is 0 Å². The molecule has 4 heteroatoms. The Kier molecular flexibility index (Phi) is 3.51. The van der Waals surface area contributed by atoms with Crippen LogP contribution in [0.2, 0.25) is 0 Å². The summed E-state index contributed by atoms with van der Waals surface area (Å²) in [5.74, 6) is -0.204. The maximum atomic E-state index is 12.4. The summed E-state index contributed by atoms with van der Waals surface area (Å²) in [5.41, 5.74) is 5.53. The van der Waals surface area contributed by atoms with Crippen molar-refractivity contribution in [2.45, 2.75) is 13.8 Å². The molecule has 22 heavy (non-hydrogen) atoms. The SMILES string of the molecule is Cc1cc(C=O)c(C)n1NC(=O)c1ccc2ccccc2c1. The van der Waals surface area contributed by atoms with Gasteiger partial charge < -0.3 is 0 Å². The topological polar surface area (TPSA) is 51.1 Å². The number of aldehydes is 1. The molecule has 0 aliphatic heterocycles. The van der Waals surface area contributed by atoms with Crippen LogP contribution in [0.5, 0.6) is 0 Å². The third-order valence-electron chi connectivity index (χ3n) is 3.82. The Bertz CT molecular complexity index is 878. The van der Waals surface area contributed by atoms with Gasteiger partial charge in [-0.05, 0) is 42.8 Å². The van der Waals surface area contributed by atoms with E-state index in [4.69, 9.17) is 0 Å². The fourth-order valence-electron chi connectivity index (χ4n) is 2.58. The van der Waals surface area contributed by atoms with Crippen LogP contribution in [0.1, 0.15) is 32.1 Å². The first-order chi connectivity index (χ1) is 10.6. The Morgan fingerprint density at radius 1 is 1.05 bits per heavy atom. The summed E-state index contributed by atoms with van der Waals surface area (Å²) in [6, 6.07) is 15.2. The molecule has 0 unspecified atom stereocenters. The van der Waals surface area contributed by atoms with Crippen LogP contribution < -0.4 is 5.43 Å². The highest BCUT2D eigenvalue weighted by atomic mass is 16.2. The highest BCUT2D eigenvalue weighted by Gasteiger charge is 2.12. The van der Waals surface area contributed by atoms with Crippen molar-refractivity contribution in [2.24, 2.45) is 0 Å². The molecule has 0 aliphatic carbocycles. The number of carbonyl (C=O) groups is 2. The average molecular weight is 292 g/mol. The van der Waals surface area contributed by atoms with Crippen molar-refractivity contribution in [2.75, 3.05) is 5.43 Å². The van der Waals surface area contributed by atoms with Crippen LogP contribution in [0.4, 0.5) is 0 Å². The molecule has 3 aromatic rings. The van der Waals surface area contributed by atoms with E-state index < -0.39 is 0 Å². The molecule has 0 saturated carbocycles. The van der Waals surface area contributed by atoms with E-state index in [1.165, 1.54) is 0 Å². The Morgan fingerprint density at radius 2 is 1.77 bits per heavy atom. The molecule has 1 N–H and O–H groups in total. The maximum absolute atomic E-state index is 12.4. The highest BCUT2D eigenvalue weighted by molar-refractivity contribution is 6.03. The van der Waals surface area contributed by atoms with E-state index in [-0.39, 0.29) is 5.91 Å². The molecule has 0 fully saturated rings. The van der Waals surface area contributed by atoms with Gasteiger partial charge in [0.15, 0.2) is 6.29 Å². The Balaban J connectivity index is 1.93. The Morgan fingerprint density at radius 3 is 2.45 bits per heavy atom. The zero-order valence-electron chi connectivity index (χ0n) is 12.5. The lowest BCUT2D eigenvalue weighted by molar-refractivity contribution is 0.101. The number of hydrogen-bond acceptors (Lipinski definition) is 2. The van der Waals surface area contributed by atoms with Crippen molar-refractivity contribution < 1.29 is 9.59 Å². The Labute approximate surface area is 128 Å². The lowest BCUT2D eigenvalue weighted by Crippen LogP contribution is -2.24. The molecule has 0 radical (unpaired) electrons. The van der Waals surface area contributed by atoms with Gasteiger partial charge >= 0.3 is 0 Å². The summed E-state index contributed by atoms with van der Waals surface area (Å²) in [5, 5.41) is 2.11. The number of aryl methyl sites for hydroxylation is 1. The number of rotatable bonds is 3. The van der Waals surface area contributed by atoms with Crippen LogP contribution in [0.3, 0.4) is 0 Å². The van der Waals surface area contributed by atoms with Crippen LogP contribution in [-0.2, 0) is 0 Å². The standard InChI is InChI=1S/C18H16N2O2/c1-12-9-17(11-21)13(2)20(12)19-18(22)16-8-7-14-5-3-4-6-15(14)10-16/h3-11H,1-2H3,(H,19,22). The van der Waals surface area contributed by atoms with Gasteiger partial charge in [0.1, 0.15) is 0 Å². The predicted molar refractivity (Wildman–Crippen MR) is 86.9 cm³/mol. The molecular formula is C18H16N2O2. The molecule has 0 aliphatic rings. The van der Waals surface area contributed by atoms with Crippen molar-refractivity contribution in [1.82, 2.24) is 4.68 Å². The first-order valence-corrected chi connectivity index (χ1v) is 7.04. The van der Waals surface area contributed by atoms with Gasteiger partial charge in [-0.25, -0.2) is 0 Å². The minimum Gasteiger partial charge on any atom is -0.298 e. The van der Waals surface area contributed by atoms with Crippen LogP contribution in [0.15, 0.2) is 48.5 Å². The van der Waals surface area contributed by atoms with E-state index >= 15 is 0 Å². The minimum absolute atomic E-state index is 0.204. The third kappa shape index (κ3) is 2.39. The quantitative estimate of drug-likeness (QED) is 0.752. The zero-order chi connectivity index (χ0) is 15.7. The highest BCUT2D eigenvalue weighted by Crippen LogP contribution is 2.17. The fraction of sp³-hybridized carbons (Fsp3) is 0.111. The molecule has 1 aromatic heterocycles. The van der Waals surface area contributed by atoms with E-state index in [1.54, 1.807) is 23.7 Å². The monoisotopic (exact) mass is 292 g/mol. The average Bonchev–Trinajstić information content (AvgIpc) is 2.81. The summed E-state index contributed by atoms with van der Waals surface area (Å²) in [4.78, 5) is 23.4. The molecule has 110 valence electrons. The van der Waals surface area contributed by atoms with Gasteiger partial charge in [-0.3, -0.25) is 19.7 Å². The molecule has 1 amide bonds. The molecule has 3 rings (SSSR count). The summed E-state index contributed by atoms with van der Waals surface area (Å²) in [6.45, 7) is 3.65. The molecule has 0 atom stereocenters. The van der Waals surface area contributed by atoms with Crippen LogP contribution in [0, 0.1) is 13.8 Å². The van der Waals surface area contributed by atoms with Crippen molar-refractivity contribution in [1.29, 1.82) is 0 Å². The van der Waals surface area contributed by atoms with E-state index in [2.05, 4.69) is 5.43 Å². The van der Waals surface area contributed by atoms with E-state index in [0.29, 0.717) is 11.1 Å². The molecular weight excluding hydrogens is 276 g/mol. The second kappa shape index (κ2) is 5.48. The lowest BCUT2D eigenvalue weighted by atomic mass is 10.1. The van der Waals surface area contributed by atoms with Crippen molar-refractivity contribution in [3.8, 4) is 0 Å². The van der Waals surface area contributed by atoms with Crippen LogP contribution >= 0.6 is 0 Å². The number of benzene rings is 2. The van der Waals surface area contributed by atoms with Gasteiger partial charge in [0.2, 0.25) is 0 Å². The summed E-state index contributed by atoms with van der Waals surface area (Å²) < 4.78 is 1.64. The van der Waals surface area contributed by atoms with Gasteiger partial charge in [-0.1, -0.05) is 30.3 Å². The minimum atomic E-state index is -0.204. The molecule has 2 aromatic carbocycles. The fourth-order valence-corrected chi connectivity index (χ4v) is 2.58. The molecule has 0 spiro atoms. The van der Waals surface area contributed by atoms with Crippen LogP contribution in [-0.4, -0.2) is 16.9 Å². The number of nitrogens with one attached hydrogen (secondary N) is 1. The van der Waals surface area contributed by atoms with Crippen molar-refractivity contribution >= 4 is 23.0 Å². The predicted octanol–water partition coefficient (Wildman–Crippen LogP) is 3.45. The number of aromatic nitrogens is 1. The summed E-state index contributed by atoms with van der Waals surface area (Å²) >= 11 is 0. The second-order valence-electron chi connectivity index (χ2n) is 5.28. The smallest absolute Gasteiger partial charge is 0.270 e. The number of fused-ring (bicyclic) bond motifs is 1. The maximum Gasteiger partial charge on any atom is 0.270 e. The van der Waals surface area contributed by atoms with E-state index in [0.717, 1.165) is 28.4 Å². The van der Waals surface area contributed by atoms with Gasteiger partial charge in [0.05, 0.1) is 0 Å². The number of hydrogen-bond donors (Lipinski definition) is 1. The number of carbonyl (C=O) groups excluding carboxylic acids is 2. The zero-order valence-corrected chi connectivity index (χ0v) is 12.5. The number of nitrogens with zero attached hydrogens (tertiary/aromatic N) is 1. The normalized spacial score (nSPS) is 10.6.